The molecule has 0 radical (unpaired) electrons. The number of hydrogen-bond donors (Lipinski definition) is 1. The number of aromatic nitrogens is 2. The van der Waals surface area contributed by atoms with Gasteiger partial charge in [0.25, 0.3) is 0 Å². The maximum absolute atomic E-state index is 13.7. The molecule has 2 aliphatic heterocycles. The first kappa shape index (κ1) is 17.1. The third-order valence-corrected chi connectivity index (χ3v) is 5.06. The lowest BCUT2D eigenvalue weighted by molar-refractivity contribution is 0.110. The molecule has 0 aliphatic carbocycles. The second-order valence-electron chi connectivity index (χ2n) is 6.66. The van der Waals surface area contributed by atoms with Crippen molar-refractivity contribution in [3.63, 3.8) is 0 Å². The highest BCUT2D eigenvalue weighted by molar-refractivity contribution is 6.29. The number of nitrogens with two attached hydrogens (primary N) is 1. The highest BCUT2D eigenvalue weighted by Gasteiger charge is 2.45. The Kier molecular flexibility index (Phi) is 3.82. The zero-order valence-corrected chi connectivity index (χ0v) is 15.3. The summed E-state index contributed by atoms with van der Waals surface area (Å²) in [7, 11) is 0. The number of halogens is 2. The predicted molar refractivity (Wildman–Crippen MR) is 102 cm³/mol. The summed E-state index contributed by atoms with van der Waals surface area (Å²) in [6, 6.07) is 8.69. The van der Waals surface area contributed by atoms with E-state index in [9.17, 15) is 4.39 Å². The topological polar surface area (TPSA) is 82.6 Å². The maximum Gasteiger partial charge on any atom is 0.151 e. The molecule has 6 nitrogen and oxygen atoms in total. The van der Waals surface area contributed by atoms with Crippen molar-refractivity contribution >= 4 is 17.4 Å². The molecule has 28 heavy (non-hydrogen) atoms. The van der Waals surface area contributed by atoms with Gasteiger partial charge in [-0.2, -0.15) is 0 Å². The molecule has 1 aromatic carbocycles. The van der Waals surface area contributed by atoms with E-state index in [2.05, 4.69) is 9.97 Å². The minimum atomic E-state index is -0.922. The molecule has 5 rings (SSSR count). The molecule has 140 valence electrons. The lowest BCUT2D eigenvalue weighted by atomic mass is 9.80. The summed E-state index contributed by atoms with van der Waals surface area (Å²) in [4.78, 5) is 12.8. The summed E-state index contributed by atoms with van der Waals surface area (Å²) in [6.45, 7) is 0.516. The Hall–Kier alpha value is -3.03. The number of benzene rings is 1. The van der Waals surface area contributed by atoms with Gasteiger partial charge >= 0.3 is 0 Å². The second kappa shape index (κ2) is 6.25. The van der Waals surface area contributed by atoms with Gasteiger partial charge in [-0.1, -0.05) is 17.7 Å². The van der Waals surface area contributed by atoms with Crippen LogP contribution in [0.1, 0.15) is 11.1 Å². The Morgan fingerprint density at radius 2 is 1.89 bits per heavy atom. The molecule has 2 N–H and O–H groups in total. The molecule has 2 aliphatic rings. The fourth-order valence-electron chi connectivity index (χ4n) is 3.67. The number of fused-ring (bicyclic) bond motifs is 4. The average molecular weight is 397 g/mol. The van der Waals surface area contributed by atoms with Crippen molar-refractivity contribution in [1.29, 1.82) is 0 Å². The third kappa shape index (κ3) is 2.63. The highest BCUT2D eigenvalue weighted by Crippen LogP contribution is 2.51. The molecule has 4 heterocycles. The fourth-order valence-corrected chi connectivity index (χ4v) is 3.82. The van der Waals surface area contributed by atoms with Gasteiger partial charge in [0.1, 0.15) is 34.7 Å². The first-order valence-electron chi connectivity index (χ1n) is 8.56. The second-order valence-corrected chi connectivity index (χ2v) is 7.05. The monoisotopic (exact) mass is 396 g/mol. The van der Waals surface area contributed by atoms with Crippen molar-refractivity contribution in [3.8, 4) is 22.6 Å². The highest BCUT2D eigenvalue weighted by atomic mass is 35.5. The Morgan fingerprint density at radius 3 is 2.71 bits per heavy atom. The van der Waals surface area contributed by atoms with Crippen molar-refractivity contribution in [2.75, 3.05) is 13.2 Å². The molecule has 0 unspecified atom stereocenters. The van der Waals surface area contributed by atoms with Crippen LogP contribution >= 0.6 is 11.6 Å². The van der Waals surface area contributed by atoms with E-state index in [-0.39, 0.29) is 13.2 Å². The van der Waals surface area contributed by atoms with Crippen LogP contribution in [0.4, 0.5) is 4.39 Å². The smallest absolute Gasteiger partial charge is 0.151 e. The molecule has 0 saturated carbocycles. The lowest BCUT2D eigenvalue weighted by Crippen LogP contribution is -2.42. The van der Waals surface area contributed by atoms with Crippen LogP contribution in [0.2, 0.25) is 5.15 Å². The number of nitrogens with zero attached hydrogens (tertiary/aromatic N) is 3. The normalized spacial score (nSPS) is 20.1. The van der Waals surface area contributed by atoms with Crippen LogP contribution in [0.15, 0.2) is 53.9 Å². The van der Waals surface area contributed by atoms with E-state index in [1.807, 2.05) is 18.2 Å². The SMILES string of the molecule is NC1=N[C@@]2(COC1)c1cc(-c3cncc(F)c3)ccc1Oc1cnc(Cl)cc12. The molecular formula is C20H14ClFN4O2. The first-order chi connectivity index (χ1) is 13.5. The molecule has 0 bridgehead atoms. The number of ether oxygens (including phenoxy) is 2. The van der Waals surface area contributed by atoms with Crippen molar-refractivity contribution in [2.24, 2.45) is 10.7 Å². The predicted octanol–water partition coefficient (Wildman–Crippen LogP) is 3.67. The van der Waals surface area contributed by atoms with E-state index in [0.29, 0.717) is 28.1 Å². The zero-order valence-electron chi connectivity index (χ0n) is 14.5. The maximum atomic E-state index is 13.7. The number of pyridine rings is 2. The molecule has 1 spiro atoms. The minimum absolute atomic E-state index is 0.250. The summed E-state index contributed by atoms with van der Waals surface area (Å²) in [5.41, 5.74) is 8.01. The van der Waals surface area contributed by atoms with Gasteiger partial charge in [-0.3, -0.25) is 9.98 Å². The largest absolute Gasteiger partial charge is 0.455 e. The molecular weight excluding hydrogens is 383 g/mol. The summed E-state index contributed by atoms with van der Waals surface area (Å²) in [5.74, 6) is 1.11. The number of hydrogen-bond acceptors (Lipinski definition) is 6. The Labute approximate surface area is 164 Å². The molecule has 2 aromatic heterocycles. The van der Waals surface area contributed by atoms with Gasteiger partial charge in [-0.05, 0) is 29.8 Å². The number of rotatable bonds is 1. The first-order valence-corrected chi connectivity index (χ1v) is 8.94. The van der Waals surface area contributed by atoms with Crippen LogP contribution in [-0.4, -0.2) is 29.0 Å². The Balaban J connectivity index is 1.76. The van der Waals surface area contributed by atoms with Crippen LogP contribution in [0, 0.1) is 5.82 Å². The third-order valence-electron chi connectivity index (χ3n) is 4.86. The lowest BCUT2D eigenvalue weighted by Gasteiger charge is -2.39. The van der Waals surface area contributed by atoms with E-state index in [4.69, 9.17) is 31.8 Å². The molecule has 3 aromatic rings. The minimum Gasteiger partial charge on any atom is -0.455 e. The molecule has 0 fully saturated rings. The van der Waals surface area contributed by atoms with Gasteiger partial charge in [-0.25, -0.2) is 9.37 Å². The van der Waals surface area contributed by atoms with E-state index < -0.39 is 11.4 Å². The summed E-state index contributed by atoms with van der Waals surface area (Å²) >= 11 is 6.15. The van der Waals surface area contributed by atoms with Gasteiger partial charge in [-0.15, -0.1) is 0 Å². The van der Waals surface area contributed by atoms with Crippen LogP contribution in [0.25, 0.3) is 11.1 Å². The van der Waals surface area contributed by atoms with E-state index >= 15 is 0 Å². The van der Waals surface area contributed by atoms with Crippen LogP contribution in [0.3, 0.4) is 0 Å². The zero-order chi connectivity index (χ0) is 19.3. The van der Waals surface area contributed by atoms with Gasteiger partial charge in [0.05, 0.1) is 19.0 Å². The van der Waals surface area contributed by atoms with Crippen molar-refractivity contribution < 1.29 is 13.9 Å². The van der Waals surface area contributed by atoms with Crippen LogP contribution in [-0.2, 0) is 10.3 Å². The van der Waals surface area contributed by atoms with E-state index in [1.54, 1.807) is 18.5 Å². The van der Waals surface area contributed by atoms with Crippen LogP contribution in [0.5, 0.6) is 11.5 Å². The quantitative estimate of drug-likeness (QED) is 0.634. The Morgan fingerprint density at radius 1 is 1.04 bits per heavy atom. The van der Waals surface area contributed by atoms with Crippen molar-refractivity contribution in [1.82, 2.24) is 9.97 Å². The summed E-state index contributed by atoms with van der Waals surface area (Å²) in [5, 5.41) is 0.315. The van der Waals surface area contributed by atoms with E-state index in [0.717, 1.165) is 22.9 Å². The van der Waals surface area contributed by atoms with Crippen LogP contribution < -0.4 is 10.5 Å². The van der Waals surface area contributed by atoms with Gasteiger partial charge in [0.2, 0.25) is 0 Å². The molecule has 1 atom stereocenters. The Bertz CT molecular complexity index is 1140. The van der Waals surface area contributed by atoms with E-state index in [1.165, 1.54) is 6.07 Å². The van der Waals surface area contributed by atoms with Crippen molar-refractivity contribution in [2.45, 2.75) is 5.54 Å². The molecule has 0 amide bonds. The number of amidine groups is 1. The standard InChI is InChI=1S/C20H14ClFN4O2/c21-18-5-15-17(8-25-18)28-16-2-1-11(12-3-13(22)7-24-6-12)4-14(16)20(15)10-27-9-19(23)26-20/h1-8H,9-10H2,(H2,23,26)/t20-/m0/s1. The van der Waals surface area contributed by atoms with Crippen molar-refractivity contribution in [3.05, 3.63) is 71.0 Å². The van der Waals surface area contributed by atoms with Gasteiger partial charge < -0.3 is 15.2 Å². The fraction of sp³-hybridized carbons (Fsp3) is 0.150. The number of aliphatic imine (C=N–C) groups is 1. The summed E-state index contributed by atoms with van der Waals surface area (Å²) in [6.07, 6.45) is 4.33. The molecule has 8 heteroatoms. The summed E-state index contributed by atoms with van der Waals surface area (Å²) < 4.78 is 25.4. The molecule has 0 saturated heterocycles. The van der Waals surface area contributed by atoms with Gasteiger partial charge in [0.15, 0.2) is 5.75 Å². The van der Waals surface area contributed by atoms with Gasteiger partial charge in [0, 0.05) is 22.9 Å². The average Bonchev–Trinajstić information content (AvgIpc) is 2.69.